The first-order valence-electron chi connectivity index (χ1n) is 5.23. The van der Waals surface area contributed by atoms with E-state index in [0.717, 1.165) is 20.4 Å². The Labute approximate surface area is 120 Å². The first-order chi connectivity index (χ1) is 8.18. The molecule has 0 saturated heterocycles. The van der Waals surface area contributed by atoms with Gasteiger partial charge in [-0.15, -0.1) is 0 Å². The standard InChI is InChI=1S/C14H11ClIN/c1-10(15)17-14-12(8-5-9-13(14)16)11-6-3-2-4-7-11/h2-9H,1H3. The van der Waals surface area contributed by atoms with E-state index in [4.69, 9.17) is 11.6 Å². The minimum atomic E-state index is 0.547. The first-order valence-corrected chi connectivity index (χ1v) is 6.69. The van der Waals surface area contributed by atoms with Crippen molar-refractivity contribution in [3.8, 4) is 11.1 Å². The van der Waals surface area contributed by atoms with Crippen LogP contribution in [0.4, 0.5) is 5.69 Å². The van der Waals surface area contributed by atoms with Crippen molar-refractivity contribution in [2.45, 2.75) is 6.92 Å². The number of aliphatic imine (C=N–C) groups is 1. The molecule has 0 heterocycles. The van der Waals surface area contributed by atoms with E-state index in [9.17, 15) is 0 Å². The Balaban J connectivity index is 2.62. The number of para-hydroxylation sites is 1. The topological polar surface area (TPSA) is 12.4 Å². The van der Waals surface area contributed by atoms with Gasteiger partial charge in [0.15, 0.2) is 0 Å². The van der Waals surface area contributed by atoms with Crippen LogP contribution in [0.5, 0.6) is 0 Å². The third-order valence-corrected chi connectivity index (χ3v) is 3.29. The average Bonchev–Trinajstić information content (AvgIpc) is 2.32. The van der Waals surface area contributed by atoms with Crippen LogP contribution in [0.25, 0.3) is 11.1 Å². The maximum atomic E-state index is 5.89. The number of hydrogen-bond acceptors (Lipinski definition) is 1. The summed E-state index contributed by atoms with van der Waals surface area (Å²) in [6, 6.07) is 16.3. The second-order valence-corrected chi connectivity index (χ2v) is 5.32. The molecule has 17 heavy (non-hydrogen) atoms. The molecule has 0 atom stereocenters. The summed E-state index contributed by atoms with van der Waals surface area (Å²) >= 11 is 8.17. The van der Waals surface area contributed by atoms with Crippen LogP contribution >= 0.6 is 34.2 Å². The summed E-state index contributed by atoms with van der Waals surface area (Å²) in [5.74, 6) is 0. The maximum absolute atomic E-state index is 5.89. The van der Waals surface area contributed by atoms with Crippen molar-refractivity contribution in [2.24, 2.45) is 4.99 Å². The van der Waals surface area contributed by atoms with Crippen LogP contribution < -0.4 is 0 Å². The van der Waals surface area contributed by atoms with Gasteiger partial charge in [0.2, 0.25) is 0 Å². The minimum absolute atomic E-state index is 0.547. The van der Waals surface area contributed by atoms with E-state index in [-0.39, 0.29) is 0 Å². The average molecular weight is 356 g/mol. The molecule has 0 bridgehead atoms. The Kier molecular flexibility index (Phi) is 4.18. The molecule has 2 aromatic carbocycles. The molecule has 0 N–H and O–H groups in total. The summed E-state index contributed by atoms with van der Waals surface area (Å²) in [4.78, 5) is 4.41. The zero-order valence-electron chi connectivity index (χ0n) is 9.32. The van der Waals surface area contributed by atoms with Gasteiger partial charge in [0.25, 0.3) is 0 Å². The van der Waals surface area contributed by atoms with Crippen molar-refractivity contribution in [3.63, 3.8) is 0 Å². The van der Waals surface area contributed by atoms with Gasteiger partial charge >= 0.3 is 0 Å². The zero-order chi connectivity index (χ0) is 12.3. The number of benzene rings is 2. The van der Waals surface area contributed by atoms with Crippen molar-refractivity contribution < 1.29 is 0 Å². The molecule has 1 nitrogen and oxygen atoms in total. The lowest BCUT2D eigenvalue weighted by Gasteiger charge is -2.08. The molecule has 0 saturated carbocycles. The van der Waals surface area contributed by atoms with Gasteiger partial charge in [-0.3, -0.25) is 0 Å². The van der Waals surface area contributed by atoms with Gasteiger partial charge in [-0.05, 0) is 41.1 Å². The first kappa shape index (κ1) is 12.6. The van der Waals surface area contributed by atoms with E-state index in [2.05, 4.69) is 45.8 Å². The zero-order valence-corrected chi connectivity index (χ0v) is 12.2. The van der Waals surface area contributed by atoms with Crippen molar-refractivity contribution >= 4 is 45.1 Å². The molecule has 0 radical (unpaired) electrons. The number of halogens is 2. The molecule has 0 aliphatic carbocycles. The fourth-order valence-electron chi connectivity index (χ4n) is 1.63. The van der Waals surface area contributed by atoms with Crippen LogP contribution in [0.2, 0.25) is 0 Å². The van der Waals surface area contributed by atoms with E-state index >= 15 is 0 Å². The lowest BCUT2D eigenvalue weighted by atomic mass is 10.0. The molecule has 0 spiro atoms. The molecule has 0 fully saturated rings. The molecule has 2 aromatic rings. The highest BCUT2D eigenvalue weighted by Gasteiger charge is 2.07. The Morgan fingerprint density at radius 3 is 2.41 bits per heavy atom. The predicted octanol–water partition coefficient (Wildman–Crippen LogP) is 5.25. The Hall–Kier alpha value is -0.870. The second kappa shape index (κ2) is 5.65. The molecule has 0 aliphatic heterocycles. The van der Waals surface area contributed by atoms with Crippen LogP contribution in [0.1, 0.15) is 6.92 Å². The third-order valence-electron chi connectivity index (χ3n) is 2.34. The highest BCUT2D eigenvalue weighted by Crippen LogP contribution is 2.34. The molecule has 0 aromatic heterocycles. The smallest absolute Gasteiger partial charge is 0.103 e. The monoisotopic (exact) mass is 355 g/mol. The summed E-state index contributed by atoms with van der Waals surface area (Å²) in [7, 11) is 0. The van der Waals surface area contributed by atoms with Gasteiger partial charge in [-0.1, -0.05) is 54.1 Å². The Morgan fingerprint density at radius 2 is 1.76 bits per heavy atom. The van der Waals surface area contributed by atoms with Crippen LogP contribution in [0.15, 0.2) is 53.5 Å². The predicted molar refractivity (Wildman–Crippen MR) is 83.2 cm³/mol. The van der Waals surface area contributed by atoms with E-state index in [0.29, 0.717) is 5.17 Å². The van der Waals surface area contributed by atoms with Crippen LogP contribution in [0, 0.1) is 3.57 Å². The summed E-state index contributed by atoms with van der Waals surface area (Å²) in [6.45, 7) is 1.79. The highest BCUT2D eigenvalue weighted by atomic mass is 127. The maximum Gasteiger partial charge on any atom is 0.103 e. The molecule has 0 unspecified atom stereocenters. The van der Waals surface area contributed by atoms with E-state index < -0.39 is 0 Å². The van der Waals surface area contributed by atoms with Crippen LogP contribution in [0.3, 0.4) is 0 Å². The van der Waals surface area contributed by atoms with Crippen molar-refractivity contribution in [1.82, 2.24) is 0 Å². The number of hydrogen-bond donors (Lipinski definition) is 0. The van der Waals surface area contributed by atoms with Crippen LogP contribution in [-0.4, -0.2) is 5.17 Å². The van der Waals surface area contributed by atoms with Gasteiger partial charge in [0.05, 0.1) is 5.69 Å². The number of rotatable bonds is 2. The normalized spacial score (nSPS) is 11.6. The van der Waals surface area contributed by atoms with Crippen molar-refractivity contribution in [1.29, 1.82) is 0 Å². The molecule has 3 heteroatoms. The summed E-state index contributed by atoms with van der Waals surface area (Å²) in [5, 5.41) is 0.547. The summed E-state index contributed by atoms with van der Waals surface area (Å²) < 4.78 is 1.10. The Bertz CT molecular complexity index is 545. The van der Waals surface area contributed by atoms with Crippen molar-refractivity contribution in [3.05, 3.63) is 52.1 Å². The van der Waals surface area contributed by atoms with Gasteiger partial charge in [0, 0.05) is 9.13 Å². The largest absolute Gasteiger partial charge is 0.240 e. The van der Waals surface area contributed by atoms with Gasteiger partial charge in [-0.2, -0.15) is 0 Å². The van der Waals surface area contributed by atoms with Gasteiger partial charge < -0.3 is 0 Å². The molecule has 0 aliphatic rings. The fourth-order valence-corrected chi connectivity index (χ4v) is 2.34. The SMILES string of the molecule is CC(Cl)=Nc1c(I)cccc1-c1ccccc1. The number of nitrogens with zero attached hydrogens (tertiary/aromatic N) is 1. The van der Waals surface area contributed by atoms with Crippen LogP contribution in [-0.2, 0) is 0 Å². The summed E-state index contributed by atoms with van der Waals surface area (Å²) in [5.41, 5.74) is 3.20. The van der Waals surface area contributed by atoms with E-state index in [1.165, 1.54) is 0 Å². The molecule has 86 valence electrons. The molecular weight excluding hydrogens is 345 g/mol. The summed E-state index contributed by atoms with van der Waals surface area (Å²) in [6.07, 6.45) is 0. The second-order valence-electron chi connectivity index (χ2n) is 3.61. The fraction of sp³-hybridized carbons (Fsp3) is 0.0714. The molecular formula is C14H11ClIN. The molecule has 2 rings (SSSR count). The van der Waals surface area contributed by atoms with E-state index in [1.54, 1.807) is 6.92 Å². The quantitative estimate of drug-likeness (QED) is 0.515. The lowest BCUT2D eigenvalue weighted by Crippen LogP contribution is -1.84. The lowest BCUT2D eigenvalue weighted by molar-refractivity contribution is 1.47. The van der Waals surface area contributed by atoms with E-state index in [1.807, 2.05) is 30.3 Å². The van der Waals surface area contributed by atoms with Crippen molar-refractivity contribution in [2.75, 3.05) is 0 Å². The van der Waals surface area contributed by atoms with Gasteiger partial charge in [-0.25, -0.2) is 4.99 Å². The minimum Gasteiger partial charge on any atom is -0.240 e. The third kappa shape index (κ3) is 3.07. The molecule has 0 amide bonds. The highest BCUT2D eigenvalue weighted by molar-refractivity contribution is 14.1. The van der Waals surface area contributed by atoms with Gasteiger partial charge in [0.1, 0.15) is 5.17 Å². The Morgan fingerprint density at radius 1 is 1.06 bits per heavy atom.